The third-order valence-corrected chi connectivity index (χ3v) is 2.86. The molecule has 0 radical (unpaired) electrons. The van der Waals surface area contributed by atoms with Crippen LogP contribution in [-0.4, -0.2) is 27.0 Å². The van der Waals surface area contributed by atoms with Gasteiger partial charge in [-0.2, -0.15) is 5.10 Å². The Morgan fingerprint density at radius 3 is 3.27 bits per heavy atom. The summed E-state index contributed by atoms with van der Waals surface area (Å²) < 4.78 is 7.81. The number of hydrogen-bond donors (Lipinski definition) is 2. The van der Waals surface area contributed by atoms with Gasteiger partial charge >= 0.3 is 5.65 Å². The van der Waals surface area contributed by atoms with Gasteiger partial charge in [-0.1, -0.05) is 4.68 Å². The maximum atomic E-state index is 12.0. The number of nitrogens with zero attached hydrogens (tertiary/aromatic N) is 4. The van der Waals surface area contributed by atoms with Crippen molar-refractivity contribution in [2.75, 3.05) is 0 Å². The summed E-state index contributed by atoms with van der Waals surface area (Å²) in [6, 6.07) is 4.86. The van der Waals surface area contributed by atoms with Crippen LogP contribution in [0.25, 0.3) is 5.65 Å². The summed E-state index contributed by atoms with van der Waals surface area (Å²) in [6.45, 7) is 1.64. The number of hydrazone groups is 1. The van der Waals surface area contributed by atoms with Gasteiger partial charge in [0.25, 0.3) is 17.7 Å². The standard InChI is InChI=1S/C13H12N6O3/c1-9-5-11(20)13-18(15-8-19(13)17-9)7-12(21)16-14-6-10-3-2-4-22-10/h2-6,8H,7H2,1H3,(H-,16,17,20,21)/p+1/b14-6+. The molecule has 0 spiro atoms. The number of nitrogens with one attached hydrogen (secondary N) is 2. The molecule has 0 aliphatic rings. The van der Waals surface area contributed by atoms with Crippen LogP contribution >= 0.6 is 0 Å². The van der Waals surface area contributed by atoms with E-state index in [1.165, 1.54) is 34.1 Å². The SMILES string of the molecule is Cc1cc(=O)c2n(CC(=O)N/N=C/c3ccco3)nc[n+]2[nH]1. The molecule has 0 saturated heterocycles. The Hall–Kier alpha value is -3.23. The van der Waals surface area contributed by atoms with E-state index < -0.39 is 5.91 Å². The van der Waals surface area contributed by atoms with Crippen LogP contribution < -0.4 is 15.4 Å². The highest BCUT2D eigenvalue weighted by molar-refractivity contribution is 5.80. The number of H-pyrrole nitrogens is 1. The van der Waals surface area contributed by atoms with Crippen molar-refractivity contribution >= 4 is 17.8 Å². The Morgan fingerprint density at radius 2 is 2.50 bits per heavy atom. The fraction of sp³-hybridized carbons (Fsp3) is 0.154. The Bertz CT molecular complexity index is 890. The molecule has 2 N–H and O–H groups in total. The summed E-state index contributed by atoms with van der Waals surface area (Å²) in [5, 5.41) is 10.7. The highest BCUT2D eigenvalue weighted by Gasteiger charge is 2.18. The summed E-state index contributed by atoms with van der Waals surface area (Å²) in [5.41, 5.74) is 3.10. The quantitative estimate of drug-likeness (QED) is 0.379. The lowest BCUT2D eigenvalue weighted by Crippen LogP contribution is -2.33. The first-order valence-corrected chi connectivity index (χ1v) is 6.46. The molecule has 112 valence electrons. The van der Waals surface area contributed by atoms with Crippen LogP contribution in [0.4, 0.5) is 0 Å². The molecule has 0 aliphatic carbocycles. The van der Waals surface area contributed by atoms with Crippen molar-refractivity contribution in [3.05, 3.63) is 52.5 Å². The molecule has 22 heavy (non-hydrogen) atoms. The zero-order chi connectivity index (χ0) is 15.5. The molecule has 0 unspecified atom stereocenters. The van der Waals surface area contributed by atoms with Crippen LogP contribution in [0.3, 0.4) is 0 Å². The lowest BCUT2D eigenvalue weighted by Gasteiger charge is -1.96. The monoisotopic (exact) mass is 301 g/mol. The summed E-state index contributed by atoms with van der Waals surface area (Å²) in [7, 11) is 0. The zero-order valence-corrected chi connectivity index (χ0v) is 11.7. The first-order chi connectivity index (χ1) is 10.6. The number of aryl methyl sites for hydroxylation is 1. The van der Waals surface area contributed by atoms with Crippen molar-refractivity contribution in [2.24, 2.45) is 5.10 Å². The van der Waals surface area contributed by atoms with Crippen LogP contribution in [0, 0.1) is 6.92 Å². The average Bonchev–Trinajstić information content (AvgIpc) is 3.09. The van der Waals surface area contributed by atoms with Crippen molar-refractivity contribution in [1.82, 2.24) is 20.3 Å². The summed E-state index contributed by atoms with van der Waals surface area (Å²) in [5.74, 6) is 0.112. The molecule has 9 nitrogen and oxygen atoms in total. The number of carbonyl (C=O) groups is 1. The lowest BCUT2D eigenvalue weighted by atomic mass is 10.4. The fourth-order valence-corrected chi connectivity index (χ4v) is 1.98. The fourth-order valence-electron chi connectivity index (χ4n) is 1.98. The number of aromatic amines is 1. The van der Waals surface area contributed by atoms with E-state index >= 15 is 0 Å². The number of carbonyl (C=O) groups excluding carboxylic acids is 1. The van der Waals surface area contributed by atoms with E-state index in [-0.39, 0.29) is 17.6 Å². The van der Waals surface area contributed by atoms with Gasteiger partial charge in [0.2, 0.25) is 0 Å². The number of rotatable bonds is 4. The Labute approximate surface area is 123 Å². The molecule has 3 rings (SSSR count). The van der Waals surface area contributed by atoms with E-state index in [2.05, 4.69) is 20.7 Å². The van der Waals surface area contributed by atoms with Gasteiger partial charge in [0.1, 0.15) is 5.76 Å². The van der Waals surface area contributed by atoms with Gasteiger partial charge < -0.3 is 4.42 Å². The van der Waals surface area contributed by atoms with Crippen molar-refractivity contribution in [3.63, 3.8) is 0 Å². The number of furan rings is 1. The Morgan fingerprint density at radius 1 is 1.64 bits per heavy atom. The van der Waals surface area contributed by atoms with Gasteiger partial charge in [0, 0.05) is 16.9 Å². The van der Waals surface area contributed by atoms with E-state index in [9.17, 15) is 9.59 Å². The second-order valence-electron chi connectivity index (χ2n) is 4.59. The van der Waals surface area contributed by atoms with E-state index in [1.54, 1.807) is 19.1 Å². The number of aromatic nitrogens is 4. The van der Waals surface area contributed by atoms with Crippen molar-refractivity contribution < 1.29 is 13.7 Å². The van der Waals surface area contributed by atoms with Crippen molar-refractivity contribution in [2.45, 2.75) is 13.5 Å². The third kappa shape index (κ3) is 2.77. The van der Waals surface area contributed by atoms with Crippen LogP contribution in [0.2, 0.25) is 0 Å². The molecule has 0 atom stereocenters. The number of fused-ring (bicyclic) bond motifs is 1. The summed E-state index contributed by atoms with van der Waals surface area (Å²) >= 11 is 0. The molecule has 0 saturated carbocycles. The van der Waals surface area contributed by atoms with E-state index in [0.717, 1.165) is 0 Å². The van der Waals surface area contributed by atoms with Crippen LogP contribution in [0.5, 0.6) is 0 Å². The minimum Gasteiger partial charge on any atom is -0.463 e. The minimum atomic E-state index is -0.409. The molecule has 9 heteroatoms. The molecule has 1 amide bonds. The smallest absolute Gasteiger partial charge is 0.331 e. The molecule has 0 fully saturated rings. The van der Waals surface area contributed by atoms with Gasteiger partial charge in [-0.15, -0.1) is 4.52 Å². The Kier molecular flexibility index (Phi) is 3.52. The third-order valence-electron chi connectivity index (χ3n) is 2.86. The van der Waals surface area contributed by atoms with Gasteiger partial charge in [-0.05, 0) is 19.1 Å². The summed E-state index contributed by atoms with van der Waals surface area (Å²) in [4.78, 5) is 23.8. The first kappa shape index (κ1) is 13.7. The molecule has 0 bridgehead atoms. The predicted molar refractivity (Wildman–Crippen MR) is 75.2 cm³/mol. The van der Waals surface area contributed by atoms with Crippen LogP contribution in [-0.2, 0) is 11.3 Å². The second-order valence-corrected chi connectivity index (χ2v) is 4.59. The number of amides is 1. The molecule has 3 aromatic heterocycles. The highest BCUT2D eigenvalue weighted by Crippen LogP contribution is 1.94. The van der Waals surface area contributed by atoms with Crippen LogP contribution in [0.1, 0.15) is 11.5 Å². The first-order valence-electron chi connectivity index (χ1n) is 6.46. The van der Waals surface area contributed by atoms with Crippen molar-refractivity contribution in [1.29, 1.82) is 0 Å². The lowest BCUT2D eigenvalue weighted by molar-refractivity contribution is -0.582. The Balaban J connectivity index is 1.73. The minimum absolute atomic E-state index is 0.127. The van der Waals surface area contributed by atoms with Gasteiger partial charge in [-0.25, -0.2) is 10.5 Å². The highest BCUT2D eigenvalue weighted by atomic mass is 16.3. The van der Waals surface area contributed by atoms with E-state index in [4.69, 9.17) is 4.42 Å². The number of hydrogen-bond acceptors (Lipinski definition) is 5. The zero-order valence-electron chi connectivity index (χ0n) is 11.7. The molecule has 3 heterocycles. The molecular formula is C13H13N6O3+. The average molecular weight is 301 g/mol. The van der Waals surface area contributed by atoms with Crippen molar-refractivity contribution in [3.8, 4) is 0 Å². The maximum Gasteiger partial charge on any atom is 0.331 e. The van der Waals surface area contributed by atoms with E-state index in [1.807, 2.05) is 0 Å². The van der Waals surface area contributed by atoms with Gasteiger partial charge in [0.05, 0.1) is 12.5 Å². The van der Waals surface area contributed by atoms with E-state index in [0.29, 0.717) is 11.5 Å². The maximum absolute atomic E-state index is 12.0. The van der Waals surface area contributed by atoms with Gasteiger partial charge in [-0.3, -0.25) is 9.59 Å². The molecule has 0 aliphatic heterocycles. The van der Waals surface area contributed by atoms with Crippen LogP contribution in [0.15, 0.2) is 45.1 Å². The predicted octanol–water partition coefficient (Wildman–Crippen LogP) is -0.638. The molecule has 3 aromatic rings. The van der Waals surface area contributed by atoms with Gasteiger partial charge in [0.15, 0.2) is 6.54 Å². The normalized spacial score (nSPS) is 11.3. The second kappa shape index (κ2) is 5.64. The molecule has 0 aromatic carbocycles. The largest absolute Gasteiger partial charge is 0.463 e. The topological polar surface area (TPSA) is 109 Å². The molecular weight excluding hydrogens is 288 g/mol. The summed E-state index contributed by atoms with van der Waals surface area (Å²) in [6.07, 6.45) is 4.32.